The zero-order valence-electron chi connectivity index (χ0n) is 11.7. The molecule has 2 amide bonds. The molecule has 2 aliphatic rings. The molecule has 0 aromatic heterocycles. The number of likely N-dealkylation sites (tertiary alicyclic amines) is 1. The first-order chi connectivity index (χ1) is 8.32. The molecule has 0 aromatic carbocycles. The Balaban J connectivity index is 2.29. The Morgan fingerprint density at radius 1 is 1.28 bits per heavy atom. The predicted octanol–water partition coefficient (Wildman–Crippen LogP) is 1.68. The number of hydrogen-bond donors (Lipinski definition) is 1. The molecule has 1 saturated heterocycles. The summed E-state index contributed by atoms with van der Waals surface area (Å²) in [6, 6.07) is -0.183. The van der Waals surface area contributed by atoms with Crippen LogP contribution in [0.2, 0.25) is 0 Å². The van der Waals surface area contributed by atoms with Gasteiger partial charge in [0.2, 0.25) is 11.8 Å². The third-order valence-electron chi connectivity index (χ3n) is 4.53. The zero-order chi connectivity index (χ0) is 13.6. The van der Waals surface area contributed by atoms with Gasteiger partial charge in [-0.2, -0.15) is 0 Å². The van der Waals surface area contributed by atoms with Crippen LogP contribution in [0.25, 0.3) is 0 Å². The quantitative estimate of drug-likeness (QED) is 0.760. The van der Waals surface area contributed by atoms with E-state index >= 15 is 0 Å². The van der Waals surface area contributed by atoms with Crippen molar-refractivity contribution in [2.75, 3.05) is 6.54 Å². The molecule has 0 radical (unpaired) electrons. The van der Waals surface area contributed by atoms with Gasteiger partial charge < -0.3 is 5.73 Å². The molecule has 18 heavy (non-hydrogen) atoms. The van der Waals surface area contributed by atoms with E-state index < -0.39 is 0 Å². The van der Waals surface area contributed by atoms with E-state index in [-0.39, 0.29) is 28.7 Å². The largest absolute Gasteiger partial charge is 0.328 e. The first-order valence-electron chi connectivity index (χ1n) is 6.88. The molecule has 4 heteroatoms. The van der Waals surface area contributed by atoms with E-state index in [0.29, 0.717) is 13.0 Å². The standard InChI is InChI=1S/C14H24N2O2/c1-13(2,3)10(9-15)16-11(17)8-14(12(16)18)6-4-5-7-14/h10H,4-9,15H2,1-3H3. The second-order valence-electron chi connectivity index (χ2n) is 6.85. The van der Waals surface area contributed by atoms with Gasteiger partial charge in [0, 0.05) is 13.0 Å². The Labute approximate surface area is 109 Å². The lowest BCUT2D eigenvalue weighted by Crippen LogP contribution is -2.52. The van der Waals surface area contributed by atoms with Crippen molar-refractivity contribution >= 4 is 11.8 Å². The molecule has 1 spiro atoms. The Morgan fingerprint density at radius 2 is 1.83 bits per heavy atom. The summed E-state index contributed by atoms with van der Waals surface area (Å²) in [6.07, 6.45) is 4.27. The smallest absolute Gasteiger partial charge is 0.236 e. The fourth-order valence-electron chi connectivity index (χ4n) is 3.42. The summed E-state index contributed by atoms with van der Waals surface area (Å²) in [7, 11) is 0. The van der Waals surface area contributed by atoms with Gasteiger partial charge in [-0.25, -0.2) is 0 Å². The average Bonchev–Trinajstić information content (AvgIpc) is 2.79. The lowest BCUT2D eigenvalue weighted by Gasteiger charge is -2.36. The molecule has 2 fully saturated rings. The summed E-state index contributed by atoms with van der Waals surface area (Å²) in [4.78, 5) is 26.4. The van der Waals surface area contributed by atoms with E-state index in [0.717, 1.165) is 25.7 Å². The fourth-order valence-corrected chi connectivity index (χ4v) is 3.42. The van der Waals surface area contributed by atoms with Crippen LogP contribution in [0, 0.1) is 10.8 Å². The highest BCUT2D eigenvalue weighted by molar-refractivity contribution is 6.06. The van der Waals surface area contributed by atoms with E-state index in [2.05, 4.69) is 0 Å². The average molecular weight is 252 g/mol. The number of carbonyl (C=O) groups excluding carboxylic acids is 2. The molecular formula is C14H24N2O2. The molecule has 1 saturated carbocycles. The van der Waals surface area contributed by atoms with Gasteiger partial charge in [0.25, 0.3) is 0 Å². The number of amides is 2. The molecule has 1 unspecified atom stereocenters. The molecule has 2 N–H and O–H groups in total. The highest BCUT2D eigenvalue weighted by atomic mass is 16.2. The maximum absolute atomic E-state index is 12.6. The molecule has 0 aromatic rings. The summed E-state index contributed by atoms with van der Waals surface area (Å²) in [5.41, 5.74) is 5.26. The number of imide groups is 1. The van der Waals surface area contributed by atoms with E-state index in [9.17, 15) is 9.59 Å². The molecule has 4 nitrogen and oxygen atoms in total. The zero-order valence-corrected chi connectivity index (χ0v) is 11.7. The van der Waals surface area contributed by atoms with Crippen molar-refractivity contribution in [2.24, 2.45) is 16.6 Å². The normalized spacial score (nSPS) is 25.2. The Morgan fingerprint density at radius 3 is 2.28 bits per heavy atom. The maximum atomic E-state index is 12.6. The van der Waals surface area contributed by atoms with E-state index in [1.54, 1.807) is 0 Å². The van der Waals surface area contributed by atoms with Gasteiger partial charge in [-0.05, 0) is 18.3 Å². The molecule has 1 heterocycles. The van der Waals surface area contributed by atoms with Crippen molar-refractivity contribution < 1.29 is 9.59 Å². The Hall–Kier alpha value is -0.900. The minimum Gasteiger partial charge on any atom is -0.328 e. The molecular weight excluding hydrogens is 228 g/mol. The SMILES string of the molecule is CC(C)(C)C(CN)N1C(=O)CC2(CCCC2)C1=O. The molecule has 102 valence electrons. The third-order valence-corrected chi connectivity index (χ3v) is 4.53. The van der Waals surface area contributed by atoms with Crippen molar-refractivity contribution in [3.05, 3.63) is 0 Å². The van der Waals surface area contributed by atoms with Crippen molar-refractivity contribution in [3.63, 3.8) is 0 Å². The minimum absolute atomic E-state index is 0.0210. The van der Waals surface area contributed by atoms with Crippen LogP contribution in [0.3, 0.4) is 0 Å². The molecule has 0 bridgehead atoms. The van der Waals surface area contributed by atoms with Gasteiger partial charge in [0.05, 0.1) is 11.5 Å². The number of hydrogen-bond acceptors (Lipinski definition) is 3. The van der Waals surface area contributed by atoms with E-state index in [1.807, 2.05) is 20.8 Å². The first kappa shape index (κ1) is 13.5. The first-order valence-corrected chi connectivity index (χ1v) is 6.88. The van der Waals surface area contributed by atoms with Crippen LogP contribution in [0.15, 0.2) is 0 Å². The topological polar surface area (TPSA) is 63.4 Å². The van der Waals surface area contributed by atoms with Crippen LogP contribution in [0.1, 0.15) is 52.9 Å². The van der Waals surface area contributed by atoms with E-state index in [1.165, 1.54) is 4.90 Å². The minimum atomic E-state index is -0.379. The highest BCUT2D eigenvalue weighted by Gasteiger charge is 2.55. The number of nitrogens with two attached hydrogens (primary N) is 1. The lowest BCUT2D eigenvalue weighted by atomic mass is 9.83. The van der Waals surface area contributed by atoms with Gasteiger partial charge in [-0.15, -0.1) is 0 Å². The third kappa shape index (κ3) is 1.96. The summed E-state index contributed by atoms with van der Waals surface area (Å²) in [6.45, 7) is 6.44. The Bertz CT molecular complexity index is 364. The molecule has 1 aliphatic heterocycles. The van der Waals surface area contributed by atoms with Crippen molar-refractivity contribution in [1.29, 1.82) is 0 Å². The van der Waals surface area contributed by atoms with Crippen molar-refractivity contribution in [2.45, 2.75) is 58.9 Å². The lowest BCUT2D eigenvalue weighted by molar-refractivity contribution is -0.146. The molecule has 2 rings (SSSR count). The van der Waals surface area contributed by atoms with Crippen LogP contribution < -0.4 is 5.73 Å². The summed E-state index contributed by atoms with van der Waals surface area (Å²) < 4.78 is 0. The van der Waals surface area contributed by atoms with Gasteiger partial charge in [-0.3, -0.25) is 14.5 Å². The maximum Gasteiger partial charge on any atom is 0.236 e. The van der Waals surface area contributed by atoms with Crippen LogP contribution in [0.5, 0.6) is 0 Å². The van der Waals surface area contributed by atoms with E-state index in [4.69, 9.17) is 5.73 Å². The van der Waals surface area contributed by atoms with Crippen LogP contribution in [-0.4, -0.2) is 29.3 Å². The summed E-state index contributed by atoms with van der Waals surface area (Å²) in [5, 5.41) is 0. The van der Waals surface area contributed by atoms with Crippen molar-refractivity contribution in [1.82, 2.24) is 4.90 Å². The number of nitrogens with zero attached hydrogens (tertiary/aromatic N) is 1. The summed E-state index contributed by atoms with van der Waals surface area (Å²) >= 11 is 0. The summed E-state index contributed by atoms with van der Waals surface area (Å²) in [5.74, 6) is 0.0163. The van der Waals surface area contributed by atoms with Crippen LogP contribution >= 0.6 is 0 Å². The van der Waals surface area contributed by atoms with Gasteiger partial charge in [-0.1, -0.05) is 33.6 Å². The number of carbonyl (C=O) groups is 2. The molecule has 1 atom stereocenters. The van der Waals surface area contributed by atoms with Gasteiger partial charge >= 0.3 is 0 Å². The second kappa shape index (κ2) is 4.34. The Kier molecular flexibility index (Phi) is 3.26. The number of rotatable bonds is 2. The molecule has 1 aliphatic carbocycles. The van der Waals surface area contributed by atoms with Crippen LogP contribution in [-0.2, 0) is 9.59 Å². The second-order valence-corrected chi connectivity index (χ2v) is 6.85. The monoisotopic (exact) mass is 252 g/mol. The van der Waals surface area contributed by atoms with Gasteiger partial charge in [0.1, 0.15) is 0 Å². The van der Waals surface area contributed by atoms with Crippen LogP contribution in [0.4, 0.5) is 0 Å². The van der Waals surface area contributed by atoms with Crippen molar-refractivity contribution in [3.8, 4) is 0 Å². The fraction of sp³-hybridized carbons (Fsp3) is 0.857. The highest BCUT2D eigenvalue weighted by Crippen LogP contribution is 2.48. The predicted molar refractivity (Wildman–Crippen MR) is 69.7 cm³/mol. The van der Waals surface area contributed by atoms with Gasteiger partial charge in [0.15, 0.2) is 0 Å².